The highest BCUT2D eigenvalue weighted by Crippen LogP contribution is 2.28. The van der Waals surface area contributed by atoms with Crippen molar-refractivity contribution >= 4 is 23.0 Å². The van der Waals surface area contributed by atoms with Gasteiger partial charge in [0.05, 0.1) is 26.5 Å². The molecule has 1 rings (SSSR count). The fraction of sp³-hybridized carbons (Fsp3) is 0.417. The van der Waals surface area contributed by atoms with E-state index in [1.165, 1.54) is 0 Å². The lowest BCUT2D eigenvalue weighted by atomic mass is 10.2. The molecule has 0 atom stereocenters. The number of nitrogens with one attached hydrogen (secondary N) is 2. The Morgan fingerprint density at radius 1 is 1.22 bits per heavy atom. The monoisotopic (exact) mass is 270 g/mol. The van der Waals surface area contributed by atoms with Crippen molar-refractivity contribution in [1.29, 1.82) is 0 Å². The fourth-order valence-corrected chi connectivity index (χ4v) is 1.55. The predicted octanol–water partition coefficient (Wildman–Crippen LogP) is 1.64. The van der Waals surface area contributed by atoms with Crippen molar-refractivity contribution in [3.05, 3.63) is 18.2 Å². The molecular formula is C12H18N2O3S. The lowest BCUT2D eigenvalue weighted by Gasteiger charge is -2.14. The lowest BCUT2D eigenvalue weighted by Crippen LogP contribution is -2.31. The SMILES string of the molecule is COCCNC(=S)Nc1ccc(OC)cc1OC. The molecule has 18 heavy (non-hydrogen) atoms. The second kappa shape index (κ2) is 7.73. The van der Waals surface area contributed by atoms with E-state index in [4.69, 9.17) is 26.4 Å². The number of hydrogen-bond acceptors (Lipinski definition) is 4. The molecule has 0 radical (unpaired) electrons. The maximum atomic E-state index is 5.26. The van der Waals surface area contributed by atoms with Gasteiger partial charge in [-0.1, -0.05) is 0 Å². The first-order chi connectivity index (χ1) is 8.71. The molecule has 2 N–H and O–H groups in total. The van der Waals surface area contributed by atoms with Crippen molar-refractivity contribution in [3.8, 4) is 11.5 Å². The molecule has 0 saturated heterocycles. The standard InChI is InChI=1S/C12H18N2O3S/c1-15-7-6-13-12(18)14-10-5-4-9(16-2)8-11(10)17-3/h4-5,8H,6-7H2,1-3H3,(H2,13,14,18). The number of thiocarbonyl (C=S) groups is 1. The quantitative estimate of drug-likeness (QED) is 0.605. The van der Waals surface area contributed by atoms with Gasteiger partial charge in [0.2, 0.25) is 0 Å². The summed E-state index contributed by atoms with van der Waals surface area (Å²) < 4.78 is 15.3. The zero-order chi connectivity index (χ0) is 13.4. The Morgan fingerprint density at radius 2 is 2.00 bits per heavy atom. The minimum atomic E-state index is 0.524. The van der Waals surface area contributed by atoms with E-state index in [0.717, 1.165) is 11.4 Å². The van der Waals surface area contributed by atoms with Crippen LogP contribution < -0.4 is 20.1 Å². The molecule has 0 aliphatic carbocycles. The minimum Gasteiger partial charge on any atom is -0.497 e. The maximum absolute atomic E-state index is 5.26. The molecule has 1 aromatic carbocycles. The summed E-state index contributed by atoms with van der Waals surface area (Å²) in [7, 11) is 4.85. The van der Waals surface area contributed by atoms with Gasteiger partial charge in [-0.25, -0.2) is 0 Å². The van der Waals surface area contributed by atoms with Crippen LogP contribution in [0.3, 0.4) is 0 Å². The number of anilines is 1. The van der Waals surface area contributed by atoms with Crippen LogP contribution in [0, 0.1) is 0 Å². The first-order valence-corrected chi connectivity index (χ1v) is 5.88. The Bertz CT molecular complexity index is 399. The van der Waals surface area contributed by atoms with Crippen LogP contribution in [0.15, 0.2) is 18.2 Å². The molecular weight excluding hydrogens is 252 g/mol. The number of benzene rings is 1. The molecule has 0 amide bonds. The van der Waals surface area contributed by atoms with Crippen LogP contribution in [0.2, 0.25) is 0 Å². The highest BCUT2D eigenvalue weighted by molar-refractivity contribution is 7.80. The second-order valence-electron chi connectivity index (χ2n) is 3.44. The summed E-state index contributed by atoms with van der Waals surface area (Å²) in [5.41, 5.74) is 0.785. The molecule has 0 heterocycles. The molecule has 5 nitrogen and oxygen atoms in total. The second-order valence-corrected chi connectivity index (χ2v) is 3.85. The van der Waals surface area contributed by atoms with E-state index in [-0.39, 0.29) is 0 Å². The Balaban J connectivity index is 2.63. The van der Waals surface area contributed by atoms with E-state index in [9.17, 15) is 0 Å². The molecule has 0 aliphatic heterocycles. The van der Waals surface area contributed by atoms with E-state index in [0.29, 0.717) is 24.0 Å². The third kappa shape index (κ3) is 4.38. The predicted molar refractivity (Wildman–Crippen MR) is 75.6 cm³/mol. The first-order valence-electron chi connectivity index (χ1n) is 5.47. The van der Waals surface area contributed by atoms with Crippen LogP contribution in [-0.2, 0) is 4.74 Å². The third-order valence-electron chi connectivity index (χ3n) is 2.25. The van der Waals surface area contributed by atoms with Crippen LogP contribution in [-0.4, -0.2) is 39.6 Å². The summed E-state index contributed by atoms with van der Waals surface area (Å²) in [6.45, 7) is 1.25. The molecule has 0 aliphatic rings. The molecule has 1 aromatic rings. The van der Waals surface area contributed by atoms with Gasteiger partial charge >= 0.3 is 0 Å². The highest BCUT2D eigenvalue weighted by atomic mass is 32.1. The van der Waals surface area contributed by atoms with E-state index in [1.54, 1.807) is 27.4 Å². The number of ether oxygens (including phenoxy) is 3. The molecule has 0 fully saturated rings. The normalized spacial score (nSPS) is 9.72. The summed E-state index contributed by atoms with van der Waals surface area (Å²) >= 11 is 5.15. The molecule has 0 aromatic heterocycles. The molecule has 0 bridgehead atoms. The van der Waals surface area contributed by atoms with Gasteiger partial charge in [0, 0.05) is 19.7 Å². The van der Waals surface area contributed by atoms with E-state index in [2.05, 4.69) is 10.6 Å². The zero-order valence-corrected chi connectivity index (χ0v) is 11.6. The number of methoxy groups -OCH3 is 3. The van der Waals surface area contributed by atoms with E-state index >= 15 is 0 Å². The van der Waals surface area contributed by atoms with Crippen molar-refractivity contribution in [3.63, 3.8) is 0 Å². The van der Waals surface area contributed by atoms with Gasteiger partial charge in [0.1, 0.15) is 11.5 Å². The van der Waals surface area contributed by atoms with Crippen LogP contribution in [0.4, 0.5) is 5.69 Å². The van der Waals surface area contributed by atoms with Gasteiger partial charge in [-0.05, 0) is 24.4 Å². The topological polar surface area (TPSA) is 51.8 Å². The van der Waals surface area contributed by atoms with Gasteiger partial charge < -0.3 is 24.8 Å². The van der Waals surface area contributed by atoms with Gasteiger partial charge in [-0.2, -0.15) is 0 Å². The summed E-state index contributed by atoms with van der Waals surface area (Å²) in [6.07, 6.45) is 0. The zero-order valence-electron chi connectivity index (χ0n) is 10.8. The van der Waals surface area contributed by atoms with E-state index in [1.807, 2.05) is 12.1 Å². The average Bonchev–Trinajstić information content (AvgIpc) is 2.39. The Hall–Kier alpha value is -1.53. The Kier molecular flexibility index (Phi) is 6.24. The number of hydrogen-bond donors (Lipinski definition) is 2. The van der Waals surface area contributed by atoms with Crippen LogP contribution >= 0.6 is 12.2 Å². The van der Waals surface area contributed by atoms with Crippen molar-refractivity contribution in [2.24, 2.45) is 0 Å². The van der Waals surface area contributed by atoms with Crippen LogP contribution in [0.5, 0.6) is 11.5 Å². The average molecular weight is 270 g/mol. The summed E-state index contributed by atoms with van der Waals surface area (Å²) in [6, 6.07) is 5.48. The molecule has 0 saturated carbocycles. The van der Waals surface area contributed by atoms with Crippen molar-refractivity contribution in [2.75, 3.05) is 39.8 Å². The molecule has 6 heteroatoms. The first kappa shape index (κ1) is 14.5. The van der Waals surface area contributed by atoms with Gasteiger partial charge in [0.15, 0.2) is 5.11 Å². The minimum absolute atomic E-state index is 0.524. The van der Waals surface area contributed by atoms with Crippen molar-refractivity contribution in [1.82, 2.24) is 5.32 Å². The largest absolute Gasteiger partial charge is 0.497 e. The van der Waals surface area contributed by atoms with Crippen molar-refractivity contribution in [2.45, 2.75) is 0 Å². The molecule has 0 unspecified atom stereocenters. The maximum Gasteiger partial charge on any atom is 0.170 e. The highest BCUT2D eigenvalue weighted by Gasteiger charge is 2.06. The smallest absolute Gasteiger partial charge is 0.170 e. The number of rotatable bonds is 6. The van der Waals surface area contributed by atoms with E-state index < -0.39 is 0 Å². The summed E-state index contributed by atoms with van der Waals surface area (Å²) in [4.78, 5) is 0. The third-order valence-corrected chi connectivity index (χ3v) is 2.50. The Morgan fingerprint density at radius 3 is 2.61 bits per heavy atom. The lowest BCUT2D eigenvalue weighted by molar-refractivity contribution is 0.204. The summed E-state index contributed by atoms with van der Waals surface area (Å²) in [5.74, 6) is 1.40. The molecule has 0 spiro atoms. The van der Waals surface area contributed by atoms with Crippen molar-refractivity contribution < 1.29 is 14.2 Å². The fourth-order valence-electron chi connectivity index (χ4n) is 1.33. The van der Waals surface area contributed by atoms with Crippen LogP contribution in [0.1, 0.15) is 0 Å². The Labute approximate surface area is 112 Å². The van der Waals surface area contributed by atoms with Crippen LogP contribution in [0.25, 0.3) is 0 Å². The van der Waals surface area contributed by atoms with Gasteiger partial charge in [-0.3, -0.25) is 0 Å². The summed E-state index contributed by atoms with van der Waals surface area (Å²) in [5, 5.41) is 6.60. The van der Waals surface area contributed by atoms with Gasteiger partial charge in [0.25, 0.3) is 0 Å². The van der Waals surface area contributed by atoms with Gasteiger partial charge in [-0.15, -0.1) is 0 Å². The molecule has 100 valence electrons.